The number of thiophene rings is 1. The number of anilines is 1. The Labute approximate surface area is 120 Å². The summed E-state index contributed by atoms with van der Waals surface area (Å²) in [6.45, 7) is 0.182. The van der Waals surface area contributed by atoms with Gasteiger partial charge in [0.15, 0.2) is 0 Å². The van der Waals surface area contributed by atoms with Crippen LogP contribution in [0.15, 0.2) is 41.8 Å². The maximum atomic E-state index is 12.0. The molecule has 0 saturated heterocycles. The van der Waals surface area contributed by atoms with Crippen molar-refractivity contribution in [3.05, 3.63) is 46.7 Å². The van der Waals surface area contributed by atoms with Crippen molar-refractivity contribution in [2.75, 3.05) is 11.9 Å². The van der Waals surface area contributed by atoms with E-state index < -0.39 is 5.91 Å². The third kappa shape index (κ3) is 3.83. The largest absolute Gasteiger partial charge is 0.491 e. The lowest BCUT2D eigenvalue weighted by atomic mass is 10.3. The van der Waals surface area contributed by atoms with E-state index in [0.29, 0.717) is 16.3 Å². The maximum Gasteiger partial charge on any atom is 0.265 e. The van der Waals surface area contributed by atoms with Crippen LogP contribution in [0.2, 0.25) is 0 Å². The van der Waals surface area contributed by atoms with Crippen molar-refractivity contribution in [2.24, 2.45) is 5.73 Å². The molecule has 3 N–H and O–H groups in total. The Morgan fingerprint density at radius 3 is 2.70 bits per heavy atom. The smallest absolute Gasteiger partial charge is 0.265 e. The van der Waals surface area contributed by atoms with Crippen molar-refractivity contribution in [3.8, 4) is 5.75 Å². The zero-order valence-corrected chi connectivity index (χ0v) is 11.5. The highest BCUT2D eigenvalue weighted by Gasteiger charge is 2.10. The van der Waals surface area contributed by atoms with Crippen LogP contribution in [0.5, 0.6) is 5.75 Å². The molecule has 0 aliphatic carbocycles. The molecule has 5 nitrogen and oxygen atoms in total. The lowest BCUT2D eigenvalue weighted by molar-refractivity contribution is -0.118. The first-order valence-electron chi connectivity index (χ1n) is 6.02. The van der Waals surface area contributed by atoms with Gasteiger partial charge in [-0.3, -0.25) is 9.59 Å². The summed E-state index contributed by atoms with van der Waals surface area (Å²) in [6.07, 6.45) is 0.132. The van der Waals surface area contributed by atoms with Crippen molar-refractivity contribution in [1.29, 1.82) is 0 Å². The molecule has 1 aromatic carbocycles. The second-order valence-electron chi connectivity index (χ2n) is 3.99. The summed E-state index contributed by atoms with van der Waals surface area (Å²) in [5.41, 5.74) is 5.62. The first-order chi connectivity index (χ1) is 9.66. The van der Waals surface area contributed by atoms with Gasteiger partial charge >= 0.3 is 0 Å². The monoisotopic (exact) mass is 290 g/mol. The van der Waals surface area contributed by atoms with Crippen LogP contribution in [0.4, 0.5) is 5.69 Å². The Morgan fingerprint density at radius 2 is 2.00 bits per heavy atom. The van der Waals surface area contributed by atoms with Crippen molar-refractivity contribution in [1.82, 2.24) is 0 Å². The fraction of sp³-hybridized carbons (Fsp3) is 0.143. The highest BCUT2D eigenvalue weighted by atomic mass is 32.1. The number of amides is 2. The molecule has 0 saturated carbocycles. The van der Waals surface area contributed by atoms with Gasteiger partial charge in [-0.25, -0.2) is 0 Å². The van der Waals surface area contributed by atoms with Crippen molar-refractivity contribution in [3.63, 3.8) is 0 Å². The van der Waals surface area contributed by atoms with E-state index in [1.54, 1.807) is 30.3 Å². The van der Waals surface area contributed by atoms with Gasteiger partial charge in [-0.1, -0.05) is 18.2 Å². The van der Waals surface area contributed by atoms with E-state index in [0.717, 1.165) is 0 Å². The summed E-state index contributed by atoms with van der Waals surface area (Å²) < 4.78 is 5.45. The fourth-order valence-electron chi connectivity index (χ4n) is 1.55. The minimum atomic E-state index is -0.426. The molecular weight excluding hydrogens is 276 g/mol. The van der Waals surface area contributed by atoms with Gasteiger partial charge in [0.25, 0.3) is 5.91 Å². The van der Waals surface area contributed by atoms with Crippen LogP contribution >= 0.6 is 11.3 Å². The number of para-hydroxylation sites is 2. The number of nitrogens with two attached hydrogens (primary N) is 1. The molecule has 0 atom stereocenters. The van der Waals surface area contributed by atoms with Gasteiger partial charge in [0.2, 0.25) is 5.91 Å². The third-order valence-corrected chi connectivity index (χ3v) is 3.35. The summed E-state index contributed by atoms with van der Waals surface area (Å²) in [5, 5.41) is 4.62. The van der Waals surface area contributed by atoms with E-state index in [9.17, 15) is 9.59 Å². The number of rotatable bonds is 6. The number of ether oxygens (including phenoxy) is 1. The van der Waals surface area contributed by atoms with Crippen molar-refractivity contribution < 1.29 is 14.3 Å². The molecule has 2 rings (SSSR count). The van der Waals surface area contributed by atoms with E-state index in [1.165, 1.54) is 11.3 Å². The Balaban J connectivity index is 2.04. The topological polar surface area (TPSA) is 81.4 Å². The highest BCUT2D eigenvalue weighted by Crippen LogP contribution is 2.25. The maximum absolute atomic E-state index is 12.0. The minimum absolute atomic E-state index is 0.132. The van der Waals surface area contributed by atoms with Gasteiger partial charge in [-0.2, -0.15) is 0 Å². The summed E-state index contributed by atoms with van der Waals surface area (Å²) in [5.74, 6) is -0.102. The molecular formula is C14H14N2O3S. The number of benzene rings is 1. The third-order valence-electron chi connectivity index (χ3n) is 2.49. The van der Waals surface area contributed by atoms with Crippen LogP contribution in [0.25, 0.3) is 0 Å². The Morgan fingerprint density at radius 1 is 1.20 bits per heavy atom. The molecule has 1 heterocycles. The minimum Gasteiger partial charge on any atom is -0.491 e. The average Bonchev–Trinajstić information content (AvgIpc) is 2.94. The van der Waals surface area contributed by atoms with Gasteiger partial charge in [0.1, 0.15) is 5.75 Å². The number of hydrogen-bond acceptors (Lipinski definition) is 4. The van der Waals surface area contributed by atoms with Crippen LogP contribution < -0.4 is 15.8 Å². The molecule has 20 heavy (non-hydrogen) atoms. The summed E-state index contributed by atoms with van der Waals surface area (Å²) in [4.78, 5) is 23.3. The van der Waals surface area contributed by atoms with Crippen LogP contribution in [-0.4, -0.2) is 18.4 Å². The Bertz CT molecular complexity index is 596. The lowest BCUT2D eigenvalue weighted by Crippen LogP contribution is -2.15. The standard InChI is InChI=1S/C14H14N2O3S/c15-13(17)7-8-19-11-5-2-1-4-10(11)16-14(18)12-6-3-9-20-12/h1-6,9H,7-8H2,(H2,15,17)(H,16,18). The normalized spacial score (nSPS) is 10.0. The number of hydrogen-bond donors (Lipinski definition) is 2. The van der Waals surface area contributed by atoms with Crippen molar-refractivity contribution >= 4 is 28.8 Å². The molecule has 0 fully saturated rings. The number of primary amides is 1. The van der Waals surface area contributed by atoms with Gasteiger partial charge in [-0.05, 0) is 23.6 Å². The van der Waals surface area contributed by atoms with E-state index >= 15 is 0 Å². The van der Waals surface area contributed by atoms with Crippen LogP contribution in [-0.2, 0) is 4.79 Å². The molecule has 0 unspecified atom stereocenters. The molecule has 0 aliphatic heterocycles. The highest BCUT2D eigenvalue weighted by molar-refractivity contribution is 7.12. The second kappa shape index (κ2) is 6.72. The summed E-state index contributed by atoms with van der Waals surface area (Å²) >= 11 is 1.36. The molecule has 0 radical (unpaired) electrons. The van der Waals surface area contributed by atoms with Gasteiger partial charge in [0, 0.05) is 0 Å². The zero-order chi connectivity index (χ0) is 14.4. The predicted molar refractivity (Wildman–Crippen MR) is 78.0 cm³/mol. The van der Waals surface area contributed by atoms with Crippen molar-refractivity contribution in [2.45, 2.75) is 6.42 Å². The van der Waals surface area contributed by atoms with E-state index in [2.05, 4.69) is 5.32 Å². The first kappa shape index (κ1) is 14.1. The van der Waals surface area contributed by atoms with E-state index in [1.807, 2.05) is 11.4 Å². The zero-order valence-electron chi connectivity index (χ0n) is 10.7. The summed E-state index contributed by atoms with van der Waals surface area (Å²) in [6, 6.07) is 10.6. The molecule has 0 bridgehead atoms. The Hall–Kier alpha value is -2.34. The first-order valence-corrected chi connectivity index (χ1v) is 6.90. The SMILES string of the molecule is NC(=O)CCOc1ccccc1NC(=O)c1cccs1. The van der Waals surface area contributed by atoms with Crippen LogP contribution in [0, 0.1) is 0 Å². The molecule has 6 heteroatoms. The second-order valence-corrected chi connectivity index (χ2v) is 4.94. The molecule has 104 valence electrons. The molecule has 0 spiro atoms. The van der Waals surface area contributed by atoms with E-state index in [-0.39, 0.29) is 18.9 Å². The van der Waals surface area contributed by atoms with Crippen LogP contribution in [0.1, 0.15) is 16.1 Å². The predicted octanol–water partition coefficient (Wildman–Crippen LogP) is 2.25. The summed E-state index contributed by atoms with van der Waals surface area (Å²) in [7, 11) is 0. The number of carbonyl (C=O) groups is 2. The molecule has 0 aliphatic rings. The molecule has 2 aromatic rings. The van der Waals surface area contributed by atoms with Crippen LogP contribution in [0.3, 0.4) is 0 Å². The van der Waals surface area contributed by atoms with Gasteiger partial charge in [-0.15, -0.1) is 11.3 Å². The Kier molecular flexibility index (Phi) is 4.73. The number of carbonyl (C=O) groups excluding carboxylic acids is 2. The van der Waals surface area contributed by atoms with E-state index in [4.69, 9.17) is 10.5 Å². The molecule has 1 aromatic heterocycles. The quantitative estimate of drug-likeness (QED) is 0.856. The van der Waals surface area contributed by atoms with Gasteiger partial charge in [0.05, 0.1) is 23.6 Å². The molecule has 2 amide bonds. The fourth-order valence-corrected chi connectivity index (χ4v) is 2.17. The lowest BCUT2D eigenvalue weighted by Gasteiger charge is -2.11. The van der Waals surface area contributed by atoms with Gasteiger partial charge < -0.3 is 15.8 Å². The average molecular weight is 290 g/mol. The number of nitrogens with one attached hydrogen (secondary N) is 1.